The molecule has 0 saturated carbocycles. The molecular formula is C14H16N4O2. The number of phenols is 1. The number of aliphatic hydroxyl groups excluding tert-OH is 1. The third-order valence-corrected chi connectivity index (χ3v) is 3.28. The summed E-state index contributed by atoms with van der Waals surface area (Å²) in [4.78, 5) is 10.7. The molecule has 20 heavy (non-hydrogen) atoms. The van der Waals surface area contributed by atoms with Gasteiger partial charge in [-0.2, -0.15) is 0 Å². The lowest BCUT2D eigenvalue weighted by Gasteiger charge is -2.31. The average Bonchev–Trinajstić information content (AvgIpc) is 2.48. The number of rotatable bonds is 2. The Hall–Kier alpha value is -2.18. The summed E-state index contributed by atoms with van der Waals surface area (Å²) in [5, 5.41) is 22.5. The molecule has 0 spiro atoms. The smallest absolute Gasteiger partial charge is 0.148 e. The highest BCUT2D eigenvalue weighted by molar-refractivity contribution is 5.67. The summed E-state index contributed by atoms with van der Waals surface area (Å²) in [6, 6.07) is 7.04. The van der Waals surface area contributed by atoms with Gasteiger partial charge in [0, 0.05) is 18.7 Å². The van der Waals surface area contributed by atoms with Crippen molar-refractivity contribution in [3.05, 3.63) is 36.7 Å². The van der Waals surface area contributed by atoms with Gasteiger partial charge >= 0.3 is 0 Å². The van der Waals surface area contributed by atoms with Crippen molar-refractivity contribution in [1.29, 1.82) is 0 Å². The number of β-amino-alcohol motifs (C(OH)–C–C–N with tert-alkyl or cyclic N) is 1. The van der Waals surface area contributed by atoms with Gasteiger partial charge in [-0.15, -0.1) is 0 Å². The minimum absolute atomic E-state index is 0.180. The molecule has 1 aromatic heterocycles. The Morgan fingerprint density at radius 3 is 2.90 bits per heavy atom. The van der Waals surface area contributed by atoms with Crippen LogP contribution in [0.15, 0.2) is 36.7 Å². The van der Waals surface area contributed by atoms with Gasteiger partial charge in [-0.1, -0.05) is 12.1 Å². The van der Waals surface area contributed by atoms with E-state index in [2.05, 4.69) is 15.3 Å². The predicted octanol–water partition coefficient (Wildman–Crippen LogP) is 0.577. The molecule has 1 unspecified atom stereocenters. The average molecular weight is 272 g/mol. The van der Waals surface area contributed by atoms with Crippen LogP contribution in [0.3, 0.4) is 0 Å². The third kappa shape index (κ3) is 2.56. The fraction of sp³-hybridized carbons (Fsp3) is 0.286. The predicted molar refractivity (Wildman–Crippen MR) is 75.4 cm³/mol. The molecule has 1 atom stereocenters. The topological polar surface area (TPSA) is 81.5 Å². The van der Waals surface area contributed by atoms with E-state index in [1.54, 1.807) is 30.6 Å². The van der Waals surface area contributed by atoms with Gasteiger partial charge in [0.25, 0.3) is 0 Å². The molecule has 3 rings (SSSR count). The first-order valence-electron chi connectivity index (χ1n) is 6.51. The van der Waals surface area contributed by atoms with Crippen molar-refractivity contribution in [3.8, 4) is 17.0 Å². The minimum Gasteiger partial charge on any atom is -0.507 e. The van der Waals surface area contributed by atoms with E-state index in [0.29, 0.717) is 30.2 Å². The van der Waals surface area contributed by atoms with Crippen LogP contribution in [0.2, 0.25) is 0 Å². The molecule has 104 valence electrons. The summed E-state index contributed by atoms with van der Waals surface area (Å²) >= 11 is 0. The Bertz CT molecular complexity index is 605. The number of hydrogen-bond acceptors (Lipinski definition) is 6. The van der Waals surface area contributed by atoms with E-state index in [1.165, 1.54) is 0 Å². The van der Waals surface area contributed by atoms with Crippen molar-refractivity contribution in [2.45, 2.75) is 6.23 Å². The molecule has 1 aromatic carbocycles. The maximum absolute atomic E-state index is 9.88. The summed E-state index contributed by atoms with van der Waals surface area (Å²) in [6.45, 7) is 1.93. The number of nitrogens with zero attached hydrogens (tertiary/aromatic N) is 3. The van der Waals surface area contributed by atoms with Crippen LogP contribution >= 0.6 is 0 Å². The molecule has 6 nitrogen and oxygen atoms in total. The first-order chi connectivity index (χ1) is 9.74. The van der Waals surface area contributed by atoms with Crippen LogP contribution < -0.4 is 10.2 Å². The van der Waals surface area contributed by atoms with Crippen LogP contribution in [0.5, 0.6) is 5.75 Å². The van der Waals surface area contributed by atoms with Crippen molar-refractivity contribution >= 4 is 5.82 Å². The quantitative estimate of drug-likeness (QED) is 0.742. The molecule has 0 amide bonds. The molecule has 0 aliphatic carbocycles. The summed E-state index contributed by atoms with van der Waals surface area (Å²) < 4.78 is 0. The zero-order valence-electron chi connectivity index (χ0n) is 10.9. The summed E-state index contributed by atoms with van der Waals surface area (Å²) in [7, 11) is 0. The van der Waals surface area contributed by atoms with E-state index in [-0.39, 0.29) is 5.75 Å². The van der Waals surface area contributed by atoms with Crippen LogP contribution in [-0.2, 0) is 0 Å². The number of aliphatic hydroxyl groups is 1. The number of para-hydroxylation sites is 1. The lowest BCUT2D eigenvalue weighted by molar-refractivity contribution is 0.130. The van der Waals surface area contributed by atoms with E-state index >= 15 is 0 Å². The normalized spacial score (nSPS) is 19.1. The molecule has 1 aliphatic heterocycles. The number of anilines is 1. The number of hydrogen-bond donors (Lipinski definition) is 3. The maximum atomic E-state index is 9.88. The number of aromatic nitrogens is 2. The van der Waals surface area contributed by atoms with Crippen molar-refractivity contribution in [1.82, 2.24) is 15.3 Å². The molecule has 0 radical (unpaired) electrons. The summed E-state index contributed by atoms with van der Waals surface area (Å²) in [6.07, 6.45) is 2.73. The largest absolute Gasteiger partial charge is 0.507 e. The first kappa shape index (κ1) is 12.8. The van der Waals surface area contributed by atoms with Crippen LogP contribution in [0.1, 0.15) is 0 Å². The van der Waals surface area contributed by atoms with Gasteiger partial charge in [0.05, 0.1) is 24.6 Å². The standard InChI is InChI=1S/C14H16N4O2/c19-12-4-2-1-3-10(12)11-7-15-8-13(17-11)18-6-5-16-14(20)9-18/h1-4,7-8,14,16,19-20H,5-6,9H2. The SMILES string of the molecule is Oc1ccccc1-c1cncc(N2CCNC(O)C2)n1. The molecular weight excluding hydrogens is 256 g/mol. The number of aromatic hydroxyl groups is 1. The molecule has 1 saturated heterocycles. The van der Waals surface area contributed by atoms with Gasteiger partial charge < -0.3 is 15.1 Å². The third-order valence-electron chi connectivity index (χ3n) is 3.28. The van der Waals surface area contributed by atoms with Gasteiger partial charge in [0.15, 0.2) is 0 Å². The molecule has 1 aliphatic rings. The van der Waals surface area contributed by atoms with Crippen molar-refractivity contribution in [2.24, 2.45) is 0 Å². The summed E-state index contributed by atoms with van der Waals surface area (Å²) in [5.41, 5.74) is 1.27. The second-order valence-electron chi connectivity index (χ2n) is 4.70. The van der Waals surface area contributed by atoms with E-state index < -0.39 is 6.23 Å². The first-order valence-corrected chi connectivity index (χ1v) is 6.51. The van der Waals surface area contributed by atoms with Crippen LogP contribution in [0, 0.1) is 0 Å². The van der Waals surface area contributed by atoms with Crippen LogP contribution in [0.25, 0.3) is 11.3 Å². The zero-order valence-corrected chi connectivity index (χ0v) is 10.9. The highest BCUT2D eigenvalue weighted by atomic mass is 16.3. The van der Waals surface area contributed by atoms with Crippen molar-refractivity contribution < 1.29 is 10.2 Å². The molecule has 0 bridgehead atoms. The Morgan fingerprint density at radius 1 is 1.25 bits per heavy atom. The highest BCUT2D eigenvalue weighted by Crippen LogP contribution is 2.27. The van der Waals surface area contributed by atoms with Crippen LogP contribution in [-0.4, -0.2) is 46.0 Å². The van der Waals surface area contributed by atoms with E-state index in [9.17, 15) is 10.2 Å². The number of phenolic OH excluding ortho intramolecular Hbond substituents is 1. The van der Waals surface area contributed by atoms with Crippen molar-refractivity contribution in [3.63, 3.8) is 0 Å². The van der Waals surface area contributed by atoms with E-state index in [0.717, 1.165) is 6.54 Å². The van der Waals surface area contributed by atoms with Crippen molar-refractivity contribution in [2.75, 3.05) is 24.5 Å². The zero-order chi connectivity index (χ0) is 13.9. The number of nitrogens with one attached hydrogen (secondary N) is 1. The monoisotopic (exact) mass is 272 g/mol. The second kappa shape index (κ2) is 5.44. The Balaban J connectivity index is 1.92. The second-order valence-corrected chi connectivity index (χ2v) is 4.70. The lowest BCUT2D eigenvalue weighted by atomic mass is 10.1. The fourth-order valence-corrected chi connectivity index (χ4v) is 2.27. The lowest BCUT2D eigenvalue weighted by Crippen LogP contribution is -2.50. The molecule has 2 aromatic rings. The van der Waals surface area contributed by atoms with E-state index in [1.807, 2.05) is 11.0 Å². The fourth-order valence-electron chi connectivity index (χ4n) is 2.27. The Morgan fingerprint density at radius 2 is 2.10 bits per heavy atom. The maximum Gasteiger partial charge on any atom is 0.148 e. The van der Waals surface area contributed by atoms with Gasteiger partial charge in [-0.25, -0.2) is 4.98 Å². The molecule has 2 heterocycles. The van der Waals surface area contributed by atoms with Crippen LogP contribution in [0.4, 0.5) is 5.82 Å². The van der Waals surface area contributed by atoms with Gasteiger partial charge in [0.1, 0.15) is 17.8 Å². The number of piperazine rings is 1. The highest BCUT2D eigenvalue weighted by Gasteiger charge is 2.19. The Kier molecular flexibility index (Phi) is 3.49. The minimum atomic E-state index is -0.556. The summed E-state index contributed by atoms with van der Waals surface area (Å²) in [5.74, 6) is 0.880. The molecule has 1 fully saturated rings. The van der Waals surface area contributed by atoms with E-state index in [4.69, 9.17) is 0 Å². The number of benzene rings is 1. The molecule has 6 heteroatoms. The molecule has 3 N–H and O–H groups in total. The van der Waals surface area contributed by atoms with Gasteiger partial charge in [-0.05, 0) is 12.1 Å². The van der Waals surface area contributed by atoms with Gasteiger partial charge in [0.2, 0.25) is 0 Å². The van der Waals surface area contributed by atoms with Gasteiger partial charge in [-0.3, -0.25) is 10.3 Å². The Labute approximate surface area is 116 Å².